The highest BCUT2D eigenvalue weighted by molar-refractivity contribution is 7.99. The lowest BCUT2D eigenvalue weighted by molar-refractivity contribution is 0.204. The number of hydrogen-bond donors (Lipinski definition) is 1. The van der Waals surface area contributed by atoms with Gasteiger partial charge in [0, 0.05) is 5.75 Å². The highest BCUT2D eigenvalue weighted by Gasteiger charge is 2.14. The summed E-state index contributed by atoms with van der Waals surface area (Å²) >= 11 is 3.15. The van der Waals surface area contributed by atoms with E-state index in [0.717, 1.165) is 21.2 Å². The topological polar surface area (TPSA) is 50.4 Å². The fourth-order valence-electron chi connectivity index (χ4n) is 2.37. The zero-order valence-electron chi connectivity index (χ0n) is 11.6. The van der Waals surface area contributed by atoms with Gasteiger partial charge < -0.3 is 5.11 Å². The van der Waals surface area contributed by atoms with Gasteiger partial charge in [0.05, 0.1) is 16.3 Å². The van der Waals surface area contributed by atoms with Crippen LogP contribution in [0.4, 0.5) is 0 Å². The molecular weight excluding hydrogens is 314 g/mol. The third-order valence-electron chi connectivity index (χ3n) is 3.47. The number of aliphatic hydroxyl groups excluding tert-OH is 1. The summed E-state index contributed by atoms with van der Waals surface area (Å²) in [6, 6.07) is 17.9. The Morgan fingerprint density at radius 2 is 1.82 bits per heavy atom. The Labute approximate surface area is 135 Å². The van der Waals surface area contributed by atoms with E-state index in [2.05, 4.69) is 26.7 Å². The Hall–Kier alpha value is -1.89. The summed E-state index contributed by atoms with van der Waals surface area (Å²) in [5.41, 5.74) is 2.04. The van der Waals surface area contributed by atoms with Crippen LogP contribution in [-0.4, -0.2) is 25.5 Å². The standard InChI is InChI=1S/C16H13N3OS2/c20-13(11-6-2-1-3-7-11)10-21-15-17-18-16-19(15)12-8-4-5-9-14(12)22-16/h1-9,13,20H,10H2/t13-/m1/s1. The number of aromatic nitrogens is 3. The highest BCUT2D eigenvalue weighted by Crippen LogP contribution is 2.31. The van der Waals surface area contributed by atoms with Gasteiger partial charge in [-0.3, -0.25) is 4.40 Å². The summed E-state index contributed by atoms with van der Waals surface area (Å²) in [6.07, 6.45) is -0.511. The molecule has 0 spiro atoms. The minimum atomic E-state index is -0.511. The van der Waals surface area contributed by atoms with Crippen LogP contribution in [0.1, 0.15) is 11.7 Å². The van der Waals surface area contributed by atoms with Crippen molar-refractivity contribution in [1.82, 2.24) is 14.6 Å². The monoisotopic (exact) mass is 327 g/mol. The Kier molecular flexibility index (Phi) is 3.57. The van der Waals surface area contributed by atoms with Gasteiger partial charge in [0.1, 0.15) is 0 Å². The van der Waals surface area contributed by atoms with E-state index < -0.39 is 6.10 Å². The molecule has 0 saturated heterocycles. The summed E-state index contributed by atoms with van der Waals surface area (Å²) in [5.74, 6) is 0.551. The molecule has 0 unspecified atom stereocenters. The van der Waals surface area contributed by atoms with E-state index in [9.17, 15) is 5.11 Å². The Morgan fingerprint density at radius 1 is 1.05 bits per heavy atom. The maximum atomic E-state index is 10.3. The van der Waals surface area contributed by atoms with E-state index in [4.69, 9.17) is 0 Å². The molecule has 0 aliphatic carbocycles. The zero-order valence-corrected chi connectivity index (χ0v) is 13.2. The maximum absolute atomic E-state index is 10.3. The van der Waals surface area contributed by atoms with Crippen LogP contribution in [0.2, 0.25) is 0 Å². The second kappa shape index (κ2) is 5.72. The molecule has 6 heteroatoms. The minimum absolute atomic E-state index is 0.511. The zero-order chi connectivity index (χ0) is 14.9. The maximum Gasteiger partial charge on any atom is 0.217 e. The fourth-order valence-corrected chi connectivity index (χ4v) is 4.31. The van der Waals surface area contributed by atoms with Crippen LogP contribution in [0.15, 0.2) is 59.8 Å². The van der Waals surface area contributed by atoms with Crippen molar-refractivity contribution >= 4 is 38.3 Å². The van der Waals surface area contributed by atoms with Crippen molar-refractivity contribution in [3.8, 4) is 0 Å². The second-order valence-corrected chi connectivity index (χ2v) is 6.90. The Bertz CT molecular complexity index is 917. The van der Waals surface area contributed by atoms with Gasteiger partial charge in [-0.25, -0.2) is 0 Å². The largest absolute Gasteiger partial charge is 0.388 e. The summed E-state index contributed by atoms with van der Waals surface area (Å²) in [6.45, 7) is 0. The van der Waals surface area contributed by atoms with Crippen molar-refractivity contribution in [3.63, 3.8) is 0 Å². The van der Waals surface area contributed by atoms with Gasteiger partial charge in [-0.2, -0.15) is 0 Å². The molecule has 0 amide bonds. The van der Waals surface area contributed by atoms with Gasteiger partial charge in [-0.1, -0.05) is 65.6 Å². The molecule has 0 aliphatic heterocycles. The molecule has 0 aliphatic rings. The molecule has 1 atom stereocenters. The average molecular weight is 327 g/mol. The summed E-state index contributed by atoms with van der Waals surface area (Å²) in [5, 5.41) is 19.6. The van der Waals surface area contributed by atoms with E-state index in [1.165, 1.54) is 16.5 Å². The molecule has 2 heterocycles. The number of hydrogen-bond acceptors (Lipinski definition) is 5. The lowest BCUT2D eigenvalue weighted by Gasteiger charge is -2.09. The van der Waals surface area contributed by atoms with Gasteiger partial charge in [0.25, 0.3) is 0 Å². The molecule has 22 heavy (non-hydrogen) atoms. The summed E-state index contributed by atoms with van der Waals surface area (Å²) in [4.78, 5) is 0.887. The molecule has 4 aromatic rings. The van der Waals surface area contributed by atoms with Gasteiger partial charge in [-0.05, 0) is 17.7 Å². The Morgan fingerprint density at radius 3 is 2.68 bits per heavy atom. The molecule has 0 radical (unpaired) electrons. The molecule has 0 bridgehead atoms. The van der Waals surface area contributed by atoms with Gasteiger partial charge >= 0.3 is 0 Å². The van der Waals surface area contributed by atoms with E-state index in [1.807, 2.05) is 42.5 Å². The number of rotatable bonds is 4. The predicted octanol–water partition coefficient (Wildman–Crippen LogP) is 3.77. The molecule has 2 aromatic heterocycles. The fraction of sp³-hybridized carbons (Fsp3) is 0.125. The first-order valence-corrected chi connectivity index (χ1v) is 8.71. The number of para-hydroxylation sites is 1. The van der Waals surface area contributed by atoms with Gasteiger partial charge in [-0.15, -0.1) is 10.2 Å². The van der Waals surface area contributed by atoms with Crippen LogP contribution in [0.5, 0.6) is 0 Å². The van der Waals surface area contributed by atoms with Crippen molar-refractivity contribution in [2.75, 3.05) is 5.75 Å². The normalized spacial score (nSPS) is 13.0. The number of benzene rings is 2. The number of thiazole rings is 1. The Balaban J connectivity index is 1.62. The summed E-state index contributed by atoms with van der Waals surface area (Å²) < 4.78 is 3.25. The number of fused-ring (bicyclic) bond motifs is 3. The van der Waals surface area contributed by atoms with Crippen molar-refractivity contribution < 1.29 is 5.11 Å². The molecule has 110 valence electrons. The average Bonchev–Trinajstić information content (AvgIpc) is 3.12. The van der Waals surface area contributed by atoms with Crippen molar-refractivity contribution in [1.29, 1.82) is 0 Å². The van der Waals surface area contributed by atoms with Gasteiger partial charge in [0.2, 0.25) is 4.96 Å². The van der Waals surface area contributed by atoms with Crippen LogP contribution in [0.25, 0.3) is 15.2 Å². The molecule has 0 saturated carbocycles. The predicted molar refractivity (Wildman–Crippen MR) is 90.5 cm³/mol. The lowest BCUT2D eigenvalue weighted by Crippen LogP contribution is -2.01. The highest BCUT2D eigenvalue weighted by atomic mass is 32.2. The van der Waals surface area contributed by atoms with Gasteiger partial charge in [0.15, 0.2) is 5.16 Å². The second-order valence-electron chi connectivity index (χ2n) is 4.91. The first kappa shape index (κ1) is 13.8. The van der Waals surface area contributed by atoms with Crippen molar-refractivity contribution in [2.45, 2.75) is 11.3 Å². The van der Waals surface area contributed by atoms with E-state index in [-0.39, 0.29) is 0 Å². The minimum Gasteiger partial charge on any atom is -0.388 e. The quantitative estimate of drug-likeness (QED) is 0.580. The number of aliphatic hydroxyl groups is 1. The van der Waals surface area contributed by atoms with E-state index >= 15 is 0 Å². The molecule has 1 N–H and O–H groups in total. The van der Waals surface area contributed by atoms with E-state index in [0.29, 0.717) is 5.75 Å². The van der Waals surface area contributed by atoms with Crippen LogP contribution in [0, 0.1) is 0 Å². The first-order valence-electron chi connectivity index (χ1n) is 6.91. The number of thioether (sulfide) groups is 1. The molecule has 2 aromatic carbocycles. The van der Waals surface area contributed by atoms with Crippen LogP contribution in [0.3, 0.4) is 0 Å². The SMILES string of the molecule is O[C@H](CSc1nnc2sc3ccccc3n12)c1ccccc1. The molecule has 0 fully saturated rings. The first-order chi connectivity index (χ1) is 10.8. The van der Waals surface area contributed by atoms with Crippen LogP contribution < -0.4 is 0 Å². The van der Waals surface area contributed by atoms with E-state index in [1.54, 1.807) is 11.3 Å². The van der Waals surface area contributed by atoms with Crippen molar-refractivity contribution in [2.24, 2.45) is 0 Å². The third kappa shape index (κ3) is 2.39. The number of nitrogens with zero attached hydrogens (tertiary/aromatic N) is 3. The van der Waals surface area contributed by atoms with Crippen LogP contribution >= 0.6 is 23.1 Å². The lowest BCUT2D eigenvalue weighted by atomic mass is 10.1. The summed E-state index contributed by atoms with van der Waals surface area (Å²) in [7, 11) is 0. The third-order valence-corrected chi connectivity index (χ3v) is 5.48. The molecule has 4 rings (SSSR count). The van der Waals surface area contributed by atoms with Crippen LogP contribution in [-0.2, 0) is 0 Å². The smallest absolute Gasteiger partial charge is 0.217 e. The van der Waals surface area contributed by atoms with Crippen molar-refractivity contribution in [3.05, 3.63) is 60.2 Å². The molecular formula is C16H13N3OS2. The molecule has 4 nitrogen and oxygen atoms in total.